The molecule has 2 aromatic rings. The van der Waals surface area contributed by atoms with Gasteiger partial charge in [0.2, 0.25) is 0 Å². The van der Waals surface area contributed by atoms with Crippen molar-refractivity contribution in [2.75, 3.05) is 26.2 Å². The van der Waals surface area contributed by atoms with Gasteiger partial charge in [-0.05, 0) is 87.3 Å². The summed E-state index contributed by atoms with van der Waals surface area (Å²) >= 11 is 0. The molecule has 0 unspecified atom stereocenters. The van der Waals surface area contributed by atoms with Gasteiger partial charge in [0.1, 0.15) is 11.5 Å². The highest BCUT2D eigenvalue weighted by Crippen LogP contribution is 2.25. The first-order chi connectivity index (χ1) is 13.7. The molecule has 2 aliphatic heterocycles. The van der Waals surface area contributed by atoms with Crippen molar-refractivity contribution in [3.8, 4) is 11.5 Å². The van der Waals surface area contributed by atoms with E-state index in [0.29, 0.717) is 11.5 Å². The van der Waals surface area contributed by atoms with Gasteiger partial charge in [-0.2, -0.15) is 0 Å². The van der Waals surface area contributed by atoms with Gasteiger partial charge in [-0.1, -0.05) is 24.3 Å². The molecule has 2 heterocycles. The van der Waals surface area contributed by atoms with Gasteiger partial charge in [0.05, 0.1) is 0 Å². The third-order valence-corrected chi connectivity index (χ3v) is 5.86. The van der Waals surface area contributed by atoms with Gasteiger partial charge in [0, 0.05) is 24.2 Å². The zero-order valence-electron chi connectivity index (χ0n) is 16.5. The molecule has 0 saturated carbocycles. The number of rotatable bonds is 6. The average molecular weight is 379 g/mol. The lowest BCUT2D eigenvalue weighted by atomic mass is 10.1. The maximum Gasteiger partial charge on any atom is 0.120 e. The monoisotopic (exact) mass is 378 g/mol. The Balaban J connectivity index is 1.47. The quantitative estimate of drug-likeness (QED) is 0.729. The minimum atomic E-state index is 0.376. The van der Waals surface area contributed by atoms with Gasteiger partial charge >= 0.3 is 0 Å². The molecule has 28 heavy (non-hydrogen) atoms. The van der Waals surface area contributed by atoms with Crippen LogP contribution in [-0.4, -0.2) is 46.2 Å². The number of benzene rings is 2. The van der Waals surface area contributed by atoms with E-state index in [-0.39, 0.29) is 0 Å². The lowest BCUT2D eigenvalue weighted by molar-refractivity contribution is 0.324. The fourth-order valence-electron chi connectivity index (χ4n) is 4.23. The topological polar surface area (TPSA) is 46.9 Å². The standard InChI is InChI=1S/C24H30N2O2/c27-23-9-7-19(15-21(23)17-25-11-1-2-12-25)5-6-20-8-10-24(28)22(16-20)18-26-13-3-4-14-26/h5-10,15-16,27-28H,1-4,11-14,17-18H2/b6-5+. The van der Waals surface area contributed by atoms with Crippen molar-refractivity contribution in [3.63, 3.8) is 0 Å². The molecular formula is C24H30N2O2. The molecule has 4 rings (SSSR count). The summed E-state index contributed by atoms with van der Waals surface area (Å²) in [5, 5.41) is 20.4. The fourth-order valence-corrected chi connectivity index (χ4v) is 4.23. The third-order valence-electron chi connectivity index (χ3n) is 5.86. The van der Waals surface area contributed by atoms with Crippen molar-refractivity contribution in [2.45, 2.75) is 38.8 Å². The maximum atomic E-state index is 10.2. The highest BCUT2D eigenvalue weighted by molar-refractivity contribution is 5.71. The number of phenolic OH excluding ortho intramolecular Hbond substituents is 2. The van der Waals surface area contributed by atoms with Gasteiger partial charge in [-0.15, -0.1) is 0 Å². The Hall–Kier alpha value is -2.30. The van der Waals surface area contributed by atoms with E-state index in [1.807, 2.05) is 12.1 Å². The van der Waals surface area contributed by atoms with Crippen LogP contribution >= 0.6 is 0 Å². The normalized spacial score (nSPS) is 18.4. The molecule has 0 aromatic heterocycles. The molecule has 2 aliphatic rings. The van der Waals surface area contributed by atoms with Gasteiger partial charge in [0.25, 0.3) is 0 Å². The number of hydrogen-bond acceptors (Lipinski definition) is 4. The maximum absolute atomic E-state index is 10.2. The molecule has 0 radical (unpaired) electrons. The number of aromatic hydroxyl groups is 2. The second kappa shape index (κ2) is 8.80. The highest BCUT2D eigenvalue weighted by atomic mass is 16.3. The van der Waals surface area contributed by atoms with Gasteiger partial charge in [-0.25, -0.2) is 0 Å². The Morgan fingerprint density at radius 2 is 1.04 bits per heavy atom. The largest absolute Gasteiger partial charge is 0.508 e. The molecule has 0 spiro atoms. The number of likely N-dealkylation sites (tertiary alicyclic amines) is 2. The molecule has 2 N–H and O–H groups in total. The van der Waals surface area contributed by atoms with E-state index in [2.05, 4.69) is 34.1 Å². The molecule has 2 fully saturated rings. The summed E-state index contributed by atoms with van der Waals surface area (Å²) in [6.07, 6.45) is 9.17. The molecule has 4 nitrogen and oxygen atoms in total. The van der Waals surface area contributed by atoms with Crippen LogP contribution in [0.1, 0.15) is 47.9 Å². The van der Waals surface area contributed by atoms with Crippen LogP contribution in [0.5, 0.6) is 11.5 Å². The van der Waals surface area contributed by atoms with Crippen molar-refractivity contribution in [1.29, 1.82) is 0 Å². The highest BCUT2D eigenvalue weighted by Gasteiger charge is 2.15. The van der Waals surface area contributed by atoms with Gasteiger partial charge in [0.15, 0.2) is 0 Å². The average Bonchev–Trinajstić information content (AvgIpc) is 3.39. The predicted octanol–water partition coefficient (Wildman–Crippen LogP) is 4.46. The summed E-state index contributed by atoms with van der Waals surface area (Å²) in [4.78, 5) is 4.79. The van der Waals surface area contributed by atoms with E-state index in [1.165, 1.54) is 25.7 Å². The van der Waals surface area contributed by atoms with Crippen LogP contribution in [0.25, 0.3) is 12.2 Å². The molecule has 2 saturated heterocycles. The van der Waals surface area contributed by atoms with Crippen LogP contribution in [-0.2, 0) is 13.1 Å². The van der Waals surface area contributed by atoms with Crippen LogP contribution < -0.4 is 0 Å². The molecule has 4 heteroatoms. The first kappa shape index (κ1) is 19.0. The number of hydrogen-bond donors (Lipinski definition) is 2. The van der Waals surface area contributed by atoms with Crippen LogP contribution in [0.4, 0.5) is 0 Å². The third kappa shape index (κ3) is 4.75. The van der Waals surface area contributed by atoms with Crippen molar-refractivity contribution in [1.82, 2.24) is 9.80 Å². The second-order valence-electron chi connectivity index (χ2n) is 8.08. The Morgan fingerprint density at radius 3 is 1.43 bits per heavy atom. The Bertz CT molecular complexity index is 765. The zero-order chi connectivity index (χ0) is 19.3. The Morgan fingerprint density at radius 1 is 0.643 bits per heavy atom. The number of phenols is 2. The second-order valence-corrected chi connectivity index (χ2v) is 8.08. The summed E-state index contributed by atoms with van der Waals surface area (Å²) < 4.78 is 0. The molecule has 0 atom stereocenters. The summed E-state index contributed by atoms with van der Waals surface area (Å²) in [6, 6.07) is 11.6. The molecule has 148 valence electrons. The van der Waals surface area contributed by atoms with Crippen molar-refractivity contribution >= 4 is 12.2 Å². The van der Waals surface area contributed by atoms with E-state index in [4.69, 9.17) is 0 Å². The molecule has 0 aliphatic carbocycles. The first-order valence-corrected chi connectivity index (χ1v) is 10.4. The van der Waals surface area contributed by atoms with E-state index < -0.39 is 0 Å². The van der Waals surface area contributed by atoms with Crippen LogP contribution in [0.2, 0.25) is 0 Å². The lowest BCUT2D eigenvalue weighted by Gasteiger charge is -2.16. The Kier molecular flexibility index (Phi) is 5.98. The summed E-state index contributed by atoms with van der Waals surface area (Å²) in [5.41, 5.74) is 4.15. The van der Waals surface area contributed by atoms with Crippen LogP contribution in [0.3, 0.4) is 0 Å². The summed E-state index contributed by atoms with van der Waals surface area (Å²) in [5.74, 6) is 0.753. The van der Waals surface area contributed by atoms with Crippen molar-refractivity contribution in [3.05, 3.63) is 58.7 Å². The Labute approximate surface area is 167 Å². The fraction of sp³-hybridized carbons (Fsp3) is 0.417. The zero-order valence-corrected chi connectivity index (χ0v) is 16.5. The van der Waals surface area contributed by atoms with Crippen molar-refractivity contribution in [2.24, 2.45) is 0 Å². The van der Waals surface area contributed by atoms with Gasteiger partial charge < -0.3 is 10.2 Å². The molecule has 0 bridgehead atoms. The molecule has 2 aromatic carbocycles. The lowest BCUT2D eigenvalue weighted by Crippen LogP contribution is -2.18. The minimum Gasteiger partial charge on any atom is -0.508 e. The predicted molar refractivity (Wildman–Crippen MR) is 114 cm³/mol. The van der Waals surface area contributed by atoms with Crippen molar-refractivity contribution < 1.29 is 10.2 Å². The molecular weight excluding hydrogens is 348 g/mol. The van der Waals surface area contributed by atoms with Crippen LogP contribution in [0.15, 0.2) is 36.4 Å². The molecule has 0 amide bonds. The van der Waals surface area contributed by atoms with Gasteiger partial charge in [-0.3, -0.25) is 9.80 Å². The van der Waals surface area contributed by atoms with E-state index in [9.17, 15) is 10.2 Å². The van der Waals surface area contributed by atoms with E-state index >= 15 is 0 Å². The van der Waals surface area contributed by atoms with E-state index in [0.717, 1.165) is 61.5 Å². The first-order valence-electron chi connectivity index (χ1n) is 10.4. The summed E-state index contributed by atoms with van der Waals surface area (Å²) in [7, 11) is 0. The summed E-state index contributed by atoms with van der Waals surface area (Å²) in [6.45, 7) is 6.10. The SMILES string of the molecule is Oc1ccc(/C=C/c2ccc(O)c(CN3CCCC3)c2)cc1CN1CCCC1. The number of nitrogens with zero attached hydrogens (tertiary/aromatic N) is 2. The minimum absolute atomic E-state index is 0.376. The van der Waals surface area contributed by atoms with E-state index in [1.54, 1.807) is 12.1 Å². The van der Waals surface area contributed by atoms with Crippen LogP contribution in [0, 0.1) is 0 Å². The smallest absolute Gasteiger partial charge is 0.120 e.